The Morgan fingerprint density at radius 2 is 2.00 bits per heavy atom. The average Bonchev–Trinajstić information content (AvgIpc) is 2.46. The Morgan fingerprint density at radius 3 is 2.48 bits per heavy atom. The predicted molar refractivity (Wildman–Crippen MR) is 92.9 cm³/mol. The van der Waals surface area contributed by atoms with E-state index in [0.29, 0.717) is 35.3 Å². The van der Waals surface area contributed by atoms with E-state index in [1.54, 1.807) is 23.1 Å². The van der Waals surface area contributed by atoms with E-state index >= 15 is 0 Å². The molecule has 5 nitrogen and oxygen atoms in total. The van der Waals surface area contributed by atoms with Crippen molar-refractivity contribution in [1.82, 2.24) is 10.2 Å². The second kappa shape index (κ2) is 7.79. The lowest BCUT2D eigenvalue weighted by Crippen LogP contribution is -2.48. The zero-order chi connectivity index (χ0) is 17.0. The quantitative estimate of drug-likeness (QED) is 0.838. The number of hydrogen-bond acceptors (Lipinski definition) is 3. The van der Waals surface area contributed by atoms with Crippen molar-refractivity contribution in [3.8, 4) is 0 Å². The van der Waals surface area contributed by atoms with Crippen LogP contribution in [0.4, 0.5) is 5.69 Å². The van der Waals surface area contributed by atoms with Crippen LogP contribution >= 0.6 is 11.6 Å². The maximum Gasteiger partial charge on any atom is 0.255 e. The Hall–Kier alpha value is -1.59. The molecular formula is C17H24ClN3O2. The first-order valence-corrected chi connectivity index (χ1v) is 8.46. The Labute approximate surface area is 142 Å². The van der Waals surface area contributed by atoms with Crippen LogP contribution < -0.4 is 10.6 Å². The van der Waals surface area contributed by atoms with Gasteiger partial charge in [-0.2, -0.15) is 0 Å². The van der Waals surface area contributed by atoms with E-state index in [2.05, 4.69) is 10.6 Å². The third-order valence-corrected chi connectivity index (χ3v) is 4.76. The first kappa shape index (κ1) is 17.8. The largest absolute Gasteiger partial charge is 0.339 e. The van der Waals surface area contributed by atoms with Crippen LogP contribution in [0.15, 0.2) is 18.2 Å². The maximum absolute atomic E-state index is 12.4. The van der Waals surface area contributed by atoms with Crippen LogP contribution in [0.25, 0.3) is 0 Å². The number of carbonyl (C=O) groups is 2. The first-order valence-electron chi connectivity index (χ1n) is 8.08. The summed E-state index contributed by atoms with van der Waals surface area (Å²) in [5.74, 6) is 0.225. The number of nitrogens with one attached hydrogen (secondary N) is 2. The number of benzene rings is 1. The van der Waals surface area contributed by atoms with Gasteiger partial charge in [0.25, 0.3) is 5.91 Å². The van der Waals surface area contributed by atoms with Crippen molar-refractivity contribution in [2.24, 2.45) is 11.8 Å². The number of halogens is 1. The Balaban J connectivity index is 2.06. The molecule has 2 rings (SSSR count). The van der Waals surface area contributed by atoms with Gasteiger partial charge in [0.05, 0.1) is 10.6 Å². The minimum atomic E-state index is -0.0909. The molecule has 1 aromatic carbocycles. The SMILES string of the molecule is CCN(CC)C(=O)c1ccc(NC(=O)C(C)C2CNC2)cc1Cl. The lowest BCUT2D eigenvalue weighted by Gasteiger charge is -2.31. The molecule has 0 spiro atoms. The smallest absolute Gasteiger partial charge is 0.255 e. The molecule has 1 aliphatic heterocycles. The molecule has 23 heavy (non-hydrogen) atoms. The lowest BCUT2D eigenvalue weighted by atomic mass is 9.88. The van der Waals surface area contributed by atoms with Crippen molar-refractivity contribution in [1.29, 1.82) is 0 Å². The molecule has 1 saturated heterocycles. The van der Waals surface area contributed by atoms with Gasteiger partial charge >= 0.3 is 0 Å². The Morgan fingerprint density at radius 1 is 1.35 bits per heavy atom. The second-order valence-corrected chi connectivity index (χ2v) is 6.28. The summed E-state index contributed by atoms with van der Waals surface area (Å²) in [6.07, 6.45) is 0. The van der Waals surface area contributed by atoms with Crippen LogP contribution in [0.1, 0.15) is 31.1 Å². The molecule has 2 amide bonds. The zero-order valence-electron chi connectivity index (χ0n) is 13.9. The van der Waals surface area contributed by atoms with Gasteiger partial charge in [0.2, 0.25) is 5.91 Å². The normalized spacial score (nSPS) is 15.7. The van der Waals surface area contributed by atoms with E-state index in [1.807, 2.05) is 20.8 Å². The fourth-order valence-electron chi connectivity index (χ4n) is 2.58. The van der Waals surface area contributed by atoms with Crippen LogP contribution in [0.2, 0.25) is 5.02 Å². The van der Waals surface area contributed by atoms with Crippen molar-refractivity contribution < 1.29 is 9.59 Å². The monoisotopic (exact) mass is 337 g/mol. The van der Waals surface area contributed by atoms with Crippen molar-refractivity contribution >= 4 is 29.1 Å². The molecule has 0 aliphatic carbocycles. The minimum absolute atomic E-state index is 0.0182. The Kier molecular flexibility index (Phi) is 6.02. The molecule has 0 radical (unpaired) electrons. The zero-order valence-corrected chi connectivity index (χ0v) is 14.6. The highest BCUT2D eigenvalue weighted by Crippen LogP contribution is 2.24. The summed E-state index contributed by atoms with van der Waals surface area (Å²) in [6, 6.07) is 5.04. The average molecular weight is 338 g/mol. The summed E-state index contributed by atoms with van der Waals surface area (Å²) in [7, 11) is 0. The van der Waals surface area contributed by atoms with Crippen LogP contribution in [-0.4, -0.2) is 42.9 Å². The molecule has 1 aromatic rings. The molecule has 2 N–H and O–H groups in total. The molecular weight excluding hydrogens is 314 g/mol. The van der Waals surface area contributed by atoms with E-state index in [-0.39, 0.29) is 17.7 Å². The molecule has 0 aromatic heterocycles. The highest BCUT2D eigenvalue weighted by Gasteiger charge is 2.28. The van der Waals surface area contributed by atoms with Gasteiger partial charge in [-0.25, -0.2) is 0 Å². The fraction of sp³-hybridized carbons (Fsp3) is 0.529. The molecule has 6 heteroatoms. The summed E-state index contributed by atoms with van der Waals surface area (Å²) in [5, 5.41) is 6.41. The third-order valence-electron chi connectivity index (χ3n) is 4.45. The summed E-state index contributed by atoms with van der Waals surface area (Å²) in [4.78, 5) is 26.3. The van der Waals surface area contributed by atoms with E-state index in [0.717, 1.165) is 13.1 Å². The molecule has 1 unspecified atom stereocenters. The third kappa shape index (κ3) is 4.03. The number of amides is 2. The van der Waals surface area contributed by atoms with Gasteiger partial charge in [0, 0.05) is 24.7 Å². The van der Waals surface area contributed by atoms with Crippen LogP contribution in [0.5, 0.6) is 0 Å². The van der Waals surface area contributed by atoms with E-state index < -0.39 is 0 Å². The van der Waals surface area contributed by atoms with Crippen molar-refractivity contribution in [2.75, 3.05) is 31.5 Å². The summed E-state index contributed by atoms with van der Waals surface area (Å²) >= 11 is 6.24. The number of rotatable bonds is 6. The van der Waals surface area contributed by atoms with E-state index in [1.165, 1.54) is 0 Å². The number of anilines is 1. The van der Waals surface area contributed by atoms with E-state index in [4.69, 9.17) is 11.6 Å². The molecule has 0 saturated carbocycles. The predicted octanol–water partition coefficient (Wildman–Crippen LogP) is 2.62. The number of carbonyl (C=O) groups excluding carboxylic acids is 2. The molecule has 0 bridgehead atoms. The van der Waals surface area contributed by atoms with Gasteiger partial charge in [-0.3, -0.25) is 9.59 Å². The van der Waals surface area contributed by atoms with Crippen molar-refractivity contribution in [3.63, 3.8) is 0 Å². The fourth-order valence-corrected chi connectivity index (χ4v) is 2.84. The topological polar surface area (TPSA) is 61.4 Å². The number of hydrogen-bond donors (Lipinski definition) is 2. The summed E-state index contributed by atoms with van der Waals surface area (Å²) in [5.41, 5.74) is 1.08. The van der Waals surface area contributed by atoms with Crippen LogP contribution in [-0.2, 0) is 4.79 Å². The van der Waals surface area contributed by atoms with Crippen LogP contribution in [0, 0.1) is 11.8 Å². The van der Waals surface area contributed by atoms with Gasteiger partial charge in [0.1, 0.15) is 0 Å². The minimum Gasteiger partial charge on any atom is -0.339 e. The summed E-state index contributed by atoms with van der Waals surface area (Å²) < 4.78 is 0. The van der Waals surface area contributed by atoms with Gasteiger partial charge < -0.3 is 15.5 Å². The highest BCUT2D eigenvalue weighted by molar-refractivity contribution is 6.34. The first-order chi connectivity index (χ1) is 11.0. The van der Waals surface area contributed by atoms with Crippen LogP contribution in [0.3, 0.4) is 0 Å². The van der Waals surface area contributed by atoms with Gasteiger partial charge in [-0.15, -0.1) is 0 Å². The summed E-state index contributed by atoms with van der Waals surface area (Å²) in [6.45, 7) is 8.83. The number of nitrogens with zero attached hydrogens (tertiary/aromatic N) is 1. The highest BCUT2D eigenvalue weighted by atomic mass is 35.5. The molecule has 1 aliphatic rings. The van der Waals surface area contributed by atoms with Crippen molar-refractivity contribution in [2.45, 2.75) is 20.8 Å². The second-order valence-electron chi connectivity index (χ2n) is 5.87. The van der Waals surface area contributed by atoms with Gasteiger partial charge in [0.15, 0.2) is 0 Å². The maximum atomic E-state index is 12.4. The molecule has 1 fully saturated rings. The van der Waals surface area contributed by atoms with Crippen molar-refractivity contribution in [3.05, 3.63) is 28.8 Å². The molecule has 1 atom stereocenters. The molecule has 126 valence electrons. The van der Waals surface area contributed by atoms with E-state index in [9.17, 15) is 9.59 Å². The lowest BCUT2D eigenvalue weighted by molar-refractivity contribution is -0.121. The molecule has 1 heterocycles. The van der Waals surface area contributed by atoms with Gasteiger partial charge in [-0.1, -0.05) is 18.5 Å². The Bertz CT molecular complexity index is 583. The standard InChI is InChI=1S/C17H24ClN3O2/c1-4-21(5-2)17(23)14-7-6-13(8-15(14)18)20-16(22)11(3)12-9-19-10-12/h6-8,11-12,19H,4-5,9-10H2,1-3H3,(H,20,22). The van der Waals surface area contributed by atoms with Gasteiger partial charge in [-0.05, 0) is 51.1 Å².